The Kier molecular flexibility index (Phi) is 5.91. The Morgan fingerprint density at radius 1 is 1.50 bits per heavy atom. The van der Waals surface area contributed by atoms with Gasteiger partial charge in [-0.05, 0) is 24.1 Å². The van der Waals surface area contributed by atoms with Gasteiger partial charge in [0.25, 0.3) is 0 Å². The number of ether oxygens (including phenoxy) is 1. The lowest BCUT2D eigenvalue weighted by Gasteiger charge is -2.20. The van der Waals surface area contributed by atoms with Crippen molar-refractivity contribution in [2.24, 2.45) is 5.92 Å². The molecule has 7 nitrogen and oxygen atoms in total. The van der Waals surface area contributed by atoms with Gasteiger partial charge in [0.15, 0.2) is 0 Å². The highest BCUT2D eigenvalue weighted by molar-refractivity contribution is 7.89. The minimum Gasteiger partial charge on any atom is -0.495 e. The molecular weight excluding hydrogens is 308 g/mol. The summed E-state index contributed by atoms with van der Waals surface area (Å²) < 4.78 is 32.0. The van der Waals surface area contributed by atoms with Crippen molar-refractivity contribution in [1.82, 2.24) is 4.72 Å². The molecule has 1 aromatic rings. The van der Waals surface area contributed by atoms with Crippen LogP contribution in [0.3, 0.4) is 0 Å². The van der Waals surface area contributed by atoms with E-state index in [1.54, 1.807) is 13.8 Å². The second-order valence-electron chi connectivity index (χ2n) is 4.80. The number of carboxylic acid groups (broad SMARTS) is 1. The van der Waals surface area contributed by atoms with Crippen molar-refractivity contribution in [1.29, 1.82) is 5.26 Å². The number of hydrogen-bond acceptors (Lipinski definition) is 5. The van der Waals surface area contributed by atoms with E-state index in [-0.39, 0.29) is 22.1 Å². The molecule has 0 spiro atoms. The predicted molar refractivity (Wildman–Crippen MR) is 78.9 cm³/mol. The maximum Gasteiger partial charge on any atom is 0.322 e. The van der Waals surface area contributed by atoms with Crippen LogP contribution in [0, 0.1) is 17.2 Å². The summed E-state index contributed by atoms with van der Waals surface area (Å²) in [6.07, 6.45) is 0.504. The molecular formula is C14H18N2O5S. The van der Waals surface area contributed by atoms with Crippen LogP contribution in [0.4, 0.5) is 0 Å². The van der Waals surface area contributed by atoms with Crippen LogP contribution >= 0.6 is 0 Å². The highest BCUT2D eigenvalue weighted by Crippen LogP contribution is 2.25. The molecule has 8 heteroatoms. The van der Waals surface area contributed by atoms with Gasteiger partial charge in [-0.3, -0.25) is 4.79 Å². The van der Waals surface area contributed by atoms with Crippen molar-refractivity contribution >= 4 is 16.0 Å². The molecule has 22 heavy (non-hydrogen) atoms. The van der Waals surface area contributed by atoms with Gasteiger partial charge in [0.1, 0.15) is 16.7 Å². The average Bonchev–Trinajstić information content (AvgIpc) is 2.50. The zero-order valence-electron chi connectivity index (χ0n) is 12.5. The van der Waals surface area contributed by atoms with Crippen LogP contribution in [0.2, 0.25) is 0 Å². The molecule has 0 amide bonds. The first-order valence-corrected chi connectivity index (χ1v) is 8.08. The van der Waals surface area contributed by atoms with Crippen LogP contribution in [-0.4, -0.2) is 32.6 Å². The van der Waals surface area contributed by atoms with Crippen molar-refractivity contribution in [2.45, 2.75) is 31.2 Å². The molecule has 1 rings (SSSR count). The molecule has 0 heterocycles. The van der Waals surface area contributed by atoms with Crippen LogP contribution in [0.15, 0.2) is 23.1 Å². The van der Waals surface area contributed by atoms with Crippen LogP contribution in [0.1, 0.15) is 25.8 Å². The number of methoxy groups -OCH3 is 1. The maximum atomic E-state index is 12.4. The van der Waals surface area contributed by atoms with Gasteiger partial charge in [0.05, 0.1) is 18.7 Å². The number of carboxylic acids is 1. The zero-order valence-corrected chi connectivity index (χ0v) is 13.3. The third-order valence-corrected chi connectivity index (χ3v) is 4.82. The molecule has 0 radical (unpaired) electrons. The molecule has 0 unspecified atom stereocenters. The van der Waals surface area contributed by atoms with Gasteiger partial charge in [0.2, 0.25) is 10.0 Å². The number of nitrogens with one attached hydrogen (secondary N) is 1. The summed E-state index contributed by atoms with van der Waals surface area (Å²) in [5.41, 5.74) is 0.243. The van der Waals surface area contributed by atoms with E-state index in [1.165, 1.54) is 25.3 Å². The van der Waals surface area contributed by atoms with E-state index >= 15 is 0 Å². The molecule has 120 valence electrons. The highest BCUT2D eigenvalue weighted by atomic mass is 32.2. The minimum atomic E-state index is -4.09. The Morgan fingerprint density at radius 3 is 2.59 bits per heavy atom. The topological polar surface area (TPSA) is 116 Å². The summed E-state index contributed by atoms with van der Waals surface area (Å²) in [5.74, 6) is -1.64. The zero-order chi connectivity index (χ0) is 16.9. The van der Waals surface area contributed by atoms with Crippen LogP contribution in [0.5, 0.6) is 5.75 Å². The second-order valence-corrected chi connectivity index (χ2v) is 6.48. The number of rotatable bonds is 7. The molecule has 2 atom stereocenters. The smallest absolute Gasteiger partial charge is 0.322 e. The van der Waals surface area contributed by atoms with Crippen molar-refractivity contribution in [3.63, 3.8) is 0 Å². The van der Waals surface area contributed by atoms with Crippen LogP contribution in [-0.2, 0) is 14.8 Å². The molecule has 2 N–H and O–H groups in total. The fraction of sp³-hybridized carbons (Fsp3) is 0.429. The fourth-order valence-electron chi connectivity index (χ4n) is 1.84. The van der Waals surface area contributed by atoms with Crippen molar-refractivity contribution < 1.29 is 23.1 Å². The molecule has 0 saturated carbocycles. The summed E-state index contributed by atoms with van der Waals surface area (Å²) in [6.45, 7) is 3.43. The third kappa shape index (κ3) is 3.96. The number of carbonyl (C=O) groups is 1. The number of aliphatic carboxylic acids is 1. The summed E-state index contributed by atoms with van der Waals surface area (Å²) in [7, 11) is -2.82. The quantitative estimate of drug-likeness (QED) is 0.781. The van der Waals surface area contributed by atoms with E-state index in [9.17, 15) is 18.3 Å². The average molecular weight is 326 g/mol. The summed E-state index contributed by atoms with van der Waals surface area (Å²) in [5, 5.41) is 18.0. The summed E-state index contributed by atoms with van der Waals surface area (Å²) >= 11 is 0. The lowest BCUT2D eigenvalue weighted by Crippen LogP contribution is -2.44. The van der Waals surface area contributed by atoms with E-state index in [1.807, 2.05) is 6.07 Å². The van der Waals surface area contributed by atoms with E-state index in [0.29, 0.717) is 6.42 Å². The van der Waals surface area contributed by atoms with Gasteiger partial charge in [-0.1, -0.05) is 20.3 Å². The largest absolute Gasteiger partial charge is 0.495 e. The van der Waals surface area contributed by atoms with Crippen molar-refractivity contribution in [3.8, 4) is 11.8 Å². The van der Waals surface area contributed by atoms with Crippen molar-refractivity contribution in [3.05, 3.63) is 23.8 Å². The van der Waals surface area contributed by atoms with E-state index < -0.39 is 22.0 Å². The Balaban J connectivity index is 3.24. The Hall–Kier alpha value is -2.11. The van der Waals surface area contributed by atoms with Crippen molar-refractivity contribution in [2.75, 3.05) is 7.11 Å². The minimum absolute atomic E-state index is 0.0140. The first-order valence-electron chi connectivity index (χ1n) is 6.60. The Bertz CT molecular complexity index is 694. The Labute approximate surface area is 129 Å². The lowest BCUT2D eigenvalue weighted by atomic mass is 10.0. The molecule has 0 bridgehead atoms. The second kappa shape index (κ2) is 7.24. The van der Waals surface area contributed by atoms with Gasteiger partial charge < -0.3 is 9.84 Å². The molecule has 0 aliphatic carbocycles. The molecule has 0 fully saturated rings. The van der Waals surface area contributed by atoms with Gasteiger partial charge >= 0.3 is 5.97 Å². The van der Waals surface area contributed by atoms with E-state index in [0.717, 1.165) is 0 Å². The van der Waals surface area contributed by atoms with Gasteiger partial charge in [-0.2, -0.15) is 9.98 Å². The van der Waals surface area contributed by atoms with E-state index in [2.05, 4.69) is 4.72 Å². The maximum absolute atomic E-state index is 12.4. The van der Waals surface area contributed by atoms with Crippen LogP contribution < -0.4 is 9.46 Å². The number of hydrogen-bond donors (Lipinski definition) is 2. The van der Waals surface area contributed by atoms with Crippen LogP contribution in [0.25, 0.3) is 0 Å². The molecule has 0 saturated heterocycles. The standard InChI is InChI=1S/C14H18N2O5S/c1-4-9(2)13(14(17)18)16-22(19,20)12-6-5-10(8-15)7-11(12)21-3/h5-7,9,13,16H,4H2,1-3H3,(H,17,18)/t9-,13-/m0/s1. The SMILES string of the molecule is CC[C@H](C)[C@H](NS(=O)(=O)c1ccc(C#N)cc1OC)C(=O)O. The first-order chi connectivity index (χ1) is 10.3. The van der Waals surface area contributed by atoms with Gasteiger partial charge in [0, 0.05) is 0 Å². The normalized spacial score (nSPS) is 13.9. The molecule has 0 aromatic heterocycles. The fourth-order valence-corrected chi connectivity index (χ4v) is 3.28. The summed E-state index contributed by atoms with van der Waals surface area (Å²) in [4.78, 5) is 11.1. The molecule has 1 aromatic carbocycles. The number of benzene rings is 1. The van der Waals surface area contributed by atoms with Gasteiger partial charge in [-0.25, -0.2) is 8.42 Å². The van der Waals surface area contributed by atoms with E-state index in [4.69, 9.17) is 10.00 Å². The lowest BCUT2D eigenvalue weighted by molar-refractivity contribution is -0.140. The Morgan fingerprint density at radius 2 is 2.14 bits per heavy atom. The van der Waals surface area contributed by atoms with Gasteiger partial charge in [-0.15, -0.1) is 0 Å². The molecule has 0 aliphatic rings. The summed E-state index contributed by atoms with van der Waals surface area (Å²) in [6, 6.07) is 4.47. The number of sulfonamides is 1. The third-order valence-electron chi connectivity index (χ3n) is 3.34. The number of nitrogens with zero attached hydrogens (tertiary/aromatic N) is 1. The predicted octanol–water partition coefficient (Wildman–Crippen LogP) is 1.34. The molecule has 0 aliphatic heterocycles. The first kappa shape index (κ1) is 17.9. The number of nitriles is 1. The monoisotopic (exact) mass is 326 g/mol. The highest BCUT2D eigenvalue weighted by Gasteiger charge is 2.31.